The molecule has 1 aliphatic rings. The zero-order chi connectivity index (χ0) is 5.98. The number of hydrogen-bond acceptors (Lipinski definition) is 3. The monoisotopic (exact) mass is 152 g/mol. The molecule has 0 radical (unpaired) electrons. The summed E-state index contributed by atoms with van der Waals surface area (Å²) >= 11 is 0. The molecule has 0 bridgehead atoms. The molecule has 54 valence electrons. The highest BCUT2D eigenvalue weighted by Gasteiger charge is 2.19. The van der Waals surface area contributed by atoms with Gasteiger partial charge in [0.25, 0.3) is 0 Å². The quantitative estimate of drug-likeness (QED) is 0.468. The molecule has 0 aromatic rings. The minimum Gasteiger partial charge on any atom is -0.480 e. The van der Waals surface area contributed by atoms with Gasteiger partial charge in [-0.1, -0.05) is 0 Å². The van der Waals surface area contributed by atoms with Crippen molar-refractivity contribution in [3.8, 4) is 0 Å². The topological polar surface area (TPSA) is 61.4 Å². The normalized spacial score (nSPS) is 25.1. The van der Waals surface area contributed by atoms with Gasteiger partial charge < -0.3 is 5.11 Å². The molecule has 4 nitrogen and oxygen atoms in total. The Morgan fingerprint density at radius 1 is 1.67 bits per heavy atom. The number of hydrazine groups is 1. The van der Waals surface area contributed by atoms with Crippen LogP contribution in [-0.4, -0.2) is 23.7 Å². The fourth-order valence-corrected chi connectivity index (χ4v) is 0.669. The van der Waals surface area contributed by atoms with Crippen LogP contribution in [0.5, 0.6) is 0 Å². The molecule has 0 aromatic heterocycles. The van der Waals surface area contributed by atoms with Crippen molar-refractivity contribution in [1.29, 1.82) is 0 Å². The molecule has 0 amide bonds. The van der Waals surface area contributed by atoms with Gasteiger partial charge >= 0.3 is 5.97 Å². The average Bonchev–Trinajstić information content (AvgIpc) is 2.12. The number of carbonyl (C=O) groups is 1. The predicted molar refractivity (Wildman–Crippen MR) is 34.4 cm³/mol. The van der Waals surface area contributed by atoms with Gasteiger partial charge in [-0.2, -0.15) is 0 Å². The average molecular weight is 153 g/mol. The Morgan fingerprint density at radius 3 is 2.56 bits per heavy atom. The summed E-state index contributed by atoms with van der Waals surface area (Å²) < 4.78 is 0. The van der Waals surface area contributed by atoms with E-state index in [4.69, 9.17) is 5.11 Å². The lowest BCUT2D eigenvalue weighted by Crippen LogP contribution is -2.35. The molecule has 0 saturated carbocycles. The van der Waals surface area contributed by atoms with Gasteiger partial charge in [0.05, 0.1) is 0 Å². The Hall–Kier alpha value is -0.320. The maximum atomic E-state index is 10.1. The van der Waals surface area contributed by atoms with E-state index in [1.54, 1.807) is 0 Å². The van der Waals surface area contributed by atoms with Gasteiger partial charge in [-0.15, -0.1) is 12.4 Å². The molecule has 1 saturated heterocycles. The highest BCUT2D eigenvalue weighted by atomic mass is 35.5. The minimum absolute atomic E-state index is 0. The molecule has 0 spiro atoms. The van der Waals surface area contributed by atoms with E-state index in [0.29, 0.717) is 6.42 Å². The molecule has 1 rings (SSSR count). The van der Waals surface area contributed by atoms with E-state index >= 15 is 0 Å². The van der Waals surface area contributed by atoms with Crippen molar-refractivity contribution >= 4 is 18.4 Å². The first-order valence-corrected chi connectivity index (χ1v) is 2.52. The molecule has 1 unspecified atom stereocenters. The third-order valence-electron chi connectivity index (χ3n) is 1.13. The maximum Gasteiger partial charge on any atom is 0.322 e. The van der Waals surface area contributed by atoms with Crippen LogP contribution in [0.4, 0.5) is 0 Å². The van der Waals surface area contributed by atoms with E-state index in [0.717, 1.165) is 6.54 Å². The maximum absolute atomic E-state index is 10.1. The predicted octanol–water partition coefficient (Wildman–Crippen LogP) is -0.641. The molecule has 1 atom stereocenters. The second kappa shape index (κ2) is 3.66. The van der Waals surface area contributed by atoms with Crippen molar-refractivity contribution in [1.82, 2.24) is 10.9 Å². The van der Waals surface area contributed by atoms with Crippen LogP contribution in [0.1, 0.15) is 6.42 Å². The first-order chi connectivity index (χ1) is 3.80. The summed E-state index contributed by atoms with van der Waals surface area (Å²) in [7, 11) is 0. The third-order valence-corrected chi connectivity index (χ3v) is 1.13. The van der Waals surface area contributed by atoms with Crippen LogP contribution in [0, 0.1) is 0 Å². The summed E-state index contributed by atoms with van der Waals surface area (Å²) in [6, 6.07) is -0.380. The summed E-state index contributed by atoms with van der Waals surface area (Å²) in [4.78, 5) is 10.1. The first kappa shape index (κ1) is 8.68. The Labute approximate surface area is 59.0 Å². The fourth-order valence-electron chi connectivity index (χ4n) is 0.669. The van der Waals surface area contributed by atoms with Gasteiger partial charge in [0, 0.05) is 6.54 Å². The van der Waals surface area contributed by atoms with Gasteiger partial charge in [0.15, 0.2) is 0 Å². The van der Waals surface area contributed by atoms with E-state index in [1.807, 2.05) is 0 Å². The molecule has 5 heteroatoms. The van der Waals surface area contributed by atoms with Gasteiger partial charge in [0.1, 0.15) is 6.04 Å². The number of aliphatic carboxylic acids is 1. The number of halogens is 1. The lowest BCUT2D eigenvalue weighted by atomic mass is 10.2. The van der Waals surface area contributed by atoms with E-state index < -0.39 is 5.97 Å². The number of carboxylic acid groups (broad SMARTS) is 1. The highest BCUT2D eigenvalue weighted by molar-refractivity contribution is 5.85. The van der Waals surface area contributed by atoms with Crippen molar-refractivity contribution in [2.24, 2.45) is 0 Å². The number of nitrogens with one attached hydrogen (secondary N) is 2. The zero-order valence-electron chi connectivity index (χ0n) is 4.76. The minimum atomic E-state index is -0.782. The molecule has 0 aromatic carbocycles. The summed E-state index contributed by atoms with van der Waals surface area (Å²) in [5.41, 5.74) is 5.33. The zero-order valence-corrected chi connectivity index (χ0v) is 5.57. The molecular weight excluding hydrogens is 144 g/mol. The van der Waals surface area contributed by atoms with Crippen LogP contribution in [0.25, 0.3) is 0 Å². The van der Waals surface area contributed by atoms with Crippen molar-refractivity contribution in [3.63, 3.8) is 0 Å². The van der Waals surface area contributed by atoms with Crippen LogP contribution in [0.2, 0.25) is 0 Å². The molecule has 1 fully saturated rings. The second-order valence-corrected chi connectivity index (χ2v) is 1.75. The van der Waals surface area contributed by atoms with E-state index in [-0.39, 0.29) is 18.4 Å². The Kier molecular flexibility index (Phi) is 3.53. The molecular formula is C4H9ClN2O2. The van der Waals surface area contributed by atoms with E-state index in [9.17, 15) is 4.79 Å². The number of rotatable bonds is 1. The van der Waals surface area contributed by atoms with E-state index in [1.165, 1.54) is 0 Å². The van der Waals surface area contributed by atoms with Crippen molar-refractivity contribution in [2.75, 3.05) is 6.54 Å². The summed E-state index contributed by atoms with van der Waals surface area (Å²) in [5, 5.41) is 8.31. The van der Waals surface area contributed by atoms with Gasteiger partial charge in [-0.25, -0.2) is 5.43 Å². The lowest BCUT2D eigenvalue weighted by molar-refractivity contribution is -0.139. The van der Waals surface area contributed by atoms with Crippen LogP contribution in [-0.2, 0) is 4.79 Å². The van der Waals surface area contributed by atoms with Gasteiger partial charge in [-0.05, 0) is 6.42 Å². The van der Waals surface area contributed by atoms with Crippen LogP contribution in [0.3, 0.4) is 0 Å². The Balaban J connectivity index is 0.000000640. The fraction of sp³-hybridized carbons (Fsp3) is 0.750. The largest absolute Gasteiger partial charge is 0.480 e. The van der Waals surface area contributed by atoms with Crippen molar-refractivity contribution in [3.05, 3.63) is 0 Å². The van der Waals surface area contributed by atoms with Crippen LogP contribution < -0.4 is 10.9 Å². The van der Waals surface area contributed by atoms with Crippen LogP contribution >= 0.6 is 12.4 Å². The Bertz CT molecular complexity index is 103. The summed E-state index contributed by atoms with van der Waals surface area (Å²) in [5.74, 6) is -0.782. The van der Waals surface area contributed by atoms with E-state index in [2.05, 4.69) is 10.9 Å². The molecule has 0 aliphatic carbocycles. The standard InChI is InChI=1S/C4H8N2O2.ClH/c7-4(8)3-1-2-5-6-3;/h3,5-6H,1-2H2,(H,7,8);1H. The summed E-state index contributed by atoms with van der Waals surface area (Å²) in [6.45, 7) is 0.747. The number of hydrogen-bond donors (Lipinski definition) is 3. The second-order valence-electron chi connectivity index (χ2n) is 1.75. The first-order valence-electron chi connectivity index (χ1n) is 2.52. The molecule has 9 heavy (non-hydrogen) atoms. The lowest BCUT2D eigenvalue weighted by Gasteiger charge is -1.98. The smallest absolute Gasteiger partial charge is 0.322 e. The third kappa shape index (κ3) is 2.17. The van der Waals surface area contributed by atoms with Gasteiger partial charge in [-0.3, -0.25) is 10.2 Å². The van der Waals surface area contributed by atoms with Gasteiger partial charge in [0.2, 0.25) is 0 Å². The summed E-state index contributed by atoms with van der Waals surface area (Å²) in [6.07, 6.45) is 0.676. The SMILES string of the molecule is Cl.O=C(O)C1CCNN1. The molecule has 1 heterocycles. The van der Waals surface area contributed by atoms with Crippen LogP contribution in [0.15, 0.2) is 0 Å². The number of carboxylic acids is 1. The Morgan fingerprint density at radius 2 is 2.33 bits per heavy atom. The highest BCUT2D eigenvalue weighted by Crippen LogP contribution is 1.93. The molecule has 3 N–H and O–H groups in total. The van der Waals surface area contributed by atoms with Crippen molar-refractivity contribution < 1.29 is 9.90 Å². The molecule has 1 aliphatic heterocycles. The van der Waals surface area contributed by atoms with Crippen molar-refractivity contribution in [2.45, 2.75) is 12.5 Å².